The summed E-state index contributed by atoms with van der Waals surface area (Å²) < 4.78 is 32.9. The van der Waals surface area contributed by atoms with Crippen molar-refractivity contribution >= 4 is 55.8 Å². The topological polar surface area (TPSA) is 75.7 Å². The fourth-order valence-corrected chi connectivity index (χ4v) is 4.98. The molecule has 0 aliphatic carbocycles. The Morgan fingerprint density at radius 2 is 1.79 bits per heavy atom. The van der Waals surface area contributed by atoms with Crippen molar-refractivity contribution in [3.63, 3.8) is 0 Å². The molecule has 0 saturated carbocycles. The van der Waals surface area contributed by atoms with Crippen LogP contribution >= 0.6 is 34.2 Å². The maximum Gasteiger partial charge on any atom is 0.251 e. The van der Waals surface area contributed by atoms with E-state index in [1.807, 2.05) is 37.3 Å². The maximum atomic E-state index is 12.5. The lowest BCUT2D eigenvalue weighted by molar-refractivity contribution is 0.0947. The van der Waals surface area contributed by atoms with Crippen molar-refractivity contribution in [1.29, 1.82) is 0 Å². The average Bonchev–Trinajstić information content (AvgIpc) is 2.76. The van der Waals surface area contributed by atoms with E-state index in [1.165, 1.54) is 10.6 Å². The summed E-state index contributed by atoms with van der Waals surface area (Å²) in [6.45, 7) is 2.67. The van der Waals surface area contributed by atoms with Crippen molar-refractivity contribution < 1.29 is 17.9 Å². The Kier molecular flexibility index (Phi) is 8.61. The highest BCUT2D eigenvalue weighted by molar-refractivity contribution is 14.1. The minimum atomic E-state index is -3.49. The zero-order valence-electron chi connectivity index (χ0n) is 18.2. The number of benzene rings is 3. The highest BCUT2D eigenvalue weighted by Crippen LogP contribution is 2.26. The van der Waals surface area contributed by atoms with Gasteiger partial charge in [0.2, 0.25) is 10.0 Å². The molecule has 0 aromatic heterocycles. The number of hydrogen-bond donors (Lipinski definition) is 1. The zero-order chi connectivity index (χ0) is 24.0. The van der Waals surface area contributed by atoms with Gasteiger partial charge in [-0.1, -0.05) is 35.9 Å². The van der Waals surface area contributed by atoms with E-state index in [0.717, 1.165) is 14.7 Å². The second-order valence-corrected chi connectivity index (χ2v) is 11.0. The van der Waals surface area contributed by atoms with Gasteiger partial charge in [0.1, 0.15) is 12.4 Å². The third kappa shape index (κ3) is 7.09. The van der Waals surface area contributed by atoms with Crippen molar-refractivity contribution in [2.45, 2.75) is 13.5 Å². The summed E-state index contributed by atoms with van der Waals surface area (Å²) in [4.78, 5) is 12.4. The summed E-state index contributed by atoms with van der Waals surface area (Å²) in [6, 6.07) is 19.7. The number of ether oxygens (including phenoxy) is 1. The summed E-state index contributed by atoms with van der Waals surface area (Å²) in [7, 11) is -3.49. The minimum absolute atomic E-state index is 0.174. The van der Waals surface area contributed by atoms with E-state index in [9.17, 15) is 13.2 Å². The molecule has 0 aliphatic heterocycles. The first-order valence-corrected chi connectivity index (χ1v) is 13.4. The van der Waals surface area contributed by atoms with E-state index in [1.54, 1.807) is 36.4 Å². The Bertz CT molecular complexity index is 1230. The zero-order valence-corrected chi connectivity index (χ0v) is 21.9. The van der Waals surface area contributed by atoms with Crippen LogP contribution in [0.5, 0.6) is 5.75 Å². The number of sulfonamides is 1. The Balaban J connectivity index is 1.61. The van der Waals surface area contributed by atoms with E-state index < -0.39 is 10.0 Å². The molecule has 0 bridgehead atoms. The number of rotatable bonds is 9. The quantitative estimate of drug-likeness (QED) is 0.277. The lowest BCUT2D eigenvalue weighted by Gasteiger charge is -2.24. The SMILES string of the molecule is Cc1cc(I)ccc1N(Cc1ccc(C(=O)NCCOc2ccccc2Cl)cc1)S(C)(=O)=O. The van der Waals surface area contributed by atoms with E-state index >= 15 is 0 Å². The van der Waals surface area contributed by atoms with Gasteiger partial charge in [-0.25, -0.2) is 8.42 Å². The molecule has 6 nitrogen and oxygen atoms in total. The summed E-state index contributed by atoms with van der Waals surface area (Å²) in [5, 5.41) is 3.31. The number of hydrogen-bond acceptors (Lipinski definition) is 4. The first-order valence-electron chi connectivity index (χ1n) is 10.1. The van der Waals surface area contributed by atoms with Crippen LogP contribution in [0.1, 0.15) is 21.5 Å². The molecule has 0 saturated heterocycles. The van der Waals surface area contributed by atoms with Gasteiger partial charge in [-0.05, 0) is 83.1 Å². The summed E-state index contributed by atoms with van der Waals surface area (Å²) in [5.41, 5.74) is 2.77. The van der Waals surface area contributed by atoms with E-state index in [-0.39, 0.29) is 19.1 Å². The predicted molar refractivity (Wildman–Crippen MR) is 141 cm³/mol. The van der Waals surface area contributed by atoms with Crippen molar-refractivity contribution in [2.75, 3.05) is 23.7 Å². The lowest BCUT2D eigenvalue weighted by Crippen LogP contribution is -2.30. The van der Waals surface area contributed by atoms with Crippen molar-refractivity contribution in [3.8, 4) is 5.75 Å². The number of anilines is 1. The van der Waals surface area contributed by atoms with Crippen LogP contribution in [0.4, 0.5) is 5.69 Å². The number of nitrogens with one attached hydrogen (secondary N) is 1. The van der Waals surface area contributed by atoms with Gasteiger partial charge in [-0.3, -0.25) is 9.10 Å². The predicted octanol–water partition coefficient (Wildman–Crippen LogP) is 5.03. The molecular weight excluding hydrogens is 575 g/mol. The van der Waals surface area contributed by atoms with Crippen LogP contribution in [0.25, 0.3) is 0 Å². The fourth-order valence-electron chi connectivity index (χ4n) is 3.20. The Morgan fingerprint density at radius 1 is 1.09 bits per heavy atom. The van der Waals surface area contributed by atoms with E-state index in [4.69, 9.17) is 16.3 Å². The second kappa shape index (κ2) is 11.2. The number of carbonyl (C=O) groups is 1. The van der Waals surface area contributed by atoms with Crippen LogP contribution in [0.2, 0.25) is 5.02 Å². The highest BCUT2D eigenvalue weighted by atomic mass is 127. The number of carbonyl (C=O) groups excluding carboxylic acids is 1. The Morgan fingerprint density at radius 3 is 2.42 bits per heavy atom. The van der Waals surface area contributed by atoms with E-state index in [2.05, 4.69) is 27.9 Å². The molecule has 0 radical (unpaired) electrons. The second-order valence-electron chi connectivity index (χ2n) is 7.43. The average molecular weight is 599 g/mol. The largest absolute Gasteiger partial charge is 0.490 e. The van der Waals surface area contributed by atoms with Gasteiger partial charge in [-0.2, -0.15) is 0 Å². The molecule has 3 aromatic carbocycles. The number of amides is 1. The van der Waals surface area contributed by atoms with Gasteiger partial charge < -0.3 is 10.1 Å². The fraction of sp³-hybridized carbons (Fsp3) is 0.208. The highest BCUT2D eigenvalue weighted by Gasteiger charge is 2.20. The van der Waals surface area contributed by atoms with Crippen molar-refractivity contribution in [2.24, 2.45) is 0 Å². The molecule has 0 unspecified atom stereocenters. The normalized spacial score (nSPS) is 11.2. The monoisotopic (exact) mass is 598 g/mol. The lowest BCUT2D eigenvalue weighted by atomic mass is 10.1. The Hall–Kier alpha value is -2.30. The van der Waals surface area contributed by atoms with Crippen LogP contribution in [0.3, 0.4) is 0 Å². The molecule has 3 rings (SSSR count). The maximum absolute atomic E-state index is 12.5. The first-order chi connectivity index (χ1) is 15.6. The molecule has 3 aromatic rings. The molecular formula is C24H24ClIN2O4S. The molecule has 174 valence electrons. The first kappa shape index (κ1) is 25.3. The molecule has 0 atom stereocenters. The summed E-state index contributed by atoms with van der Waals surface area (Å²) in [5.74, 6) is 0.328. The van der Waals surface area contributed by atoms with Crippen LogP contribution in [0, 0.1) is 10.5 Å². The van der Waals surface area contributed by atoms with Crippen LogP contribution < -0.4 is 14.4 Å². The molecule has 1 amide bonds. The third-order valence-corrected chi connectivity index (χ3v) is 6.96. The Labute approximate surface area is 213 Å². The van der Waals surface area contributed by atoms with Crippen molar-refractivity contribution in [1.82, 2.24) is 5.32 Å². The standard InChI is InChI=1S/C24H24ClIN2O4S/c1-17-15-20(26)11-12-22(17)28(33(2,30)31)16-18-7-9-19(10-8-18)24(29)27-13-14-32-23-6-4-3-5-21(23)25/h3-12,15H,13-14,16H2,1-2H3,(H,27,29). The number of nitrogens with zero attached hydrogens (tertiary/aromatic N) is 1. The molecule has 9 heteroatoms. The van der Waals surface area contributed by atoms with Crippen LogP contribution in [0.15, 0.2) is 66.7 Å². The van der Waals surface area contributed by atoms with Gasteiger partial charge in [0.25, 0.3) is 5.91 Å². The van der Waals surface area contributed by atoms with Crippen LogP contribution in [-0.2, 0) is 16.6 Å². The van der Waals surface area contributed by atoms with Gasteiger partial charge >= 0.3 is 0 Å². The van der Waals surface area contributed by atoms with Gasteiger partial charge in [-0.15, -0.1) is 0 Å². The number of aryl methyl sites for hydroxylation is 1. The molecule has 0 aliphatic rings. The van der Waals surface area contributed by atoms with Gasteiger partial charge in [0, 0.05) is 9.13 Å². The molecule has 33 heavy (non-hydrogen) atoms. The number of halogens is 2. The molecule has 0 spiro atoms. The number of para-hydroxylation sites is 1. The van der Waals surface area contributed by atoms with Gasteiger partial charge in [0.15, 0.2) is 0 Å². The smallest absolute Gasteiger partial charge is 0.251 e. The van der Waals surface area contributed by atoms with Crippen molar-refractivity contribution in [3.05, 3.63) is 92.0 Å². The van der Waals surface area contributed by atoms with E-state index in [0.29, 0.717) is 28.6 Å². The van der Waals surface area contributed by atoms with Gasteiger partial charge in [0.05, 0.1) is 30.1 Å². The summed E-state index contributed by atoms with van der Waals surface area (Å²) >= 11 is 8.24. The van der Waals surface area contributed by atoms with Crippen LogP contribution in [-0.4, -0.2) is 33.7 Å². The molecule has 0 fully saturated rings. The third-order valence-electron chi connectivity index (χ3n) is 4.85. The minimum Gasteiger partial charge on any atom is -0.490 e. The molecule has 1 N–H and O–H groups in total. The summed E-state index contributed by atoms with van der Waals surface area (Å²) in [6.07, 6.45) is 1.19. The molecule has 0 heterocycles.